The quantitative estimate of drug-likeness (QED) is 0.461. The summed E-state index contributed by atoms with van der Waals surface area (Å²) >= 11 is 0. The Morgan fingerprint density at radius 3 is 2.82 bits per heavy atom. The number of ether oxygens (including phenoxy) is 2. The fourth-order valence-electron chi connectivity index (χ4n) is 3.62. The third-order valence-electron chi connectivity index (χ3n) is 5.13. The van der Waals surface area contributed by atoms with Gasteiger partial charge < -0.3 is 19.7 Å². The number of aliphatic imine (C=N–C) groups is 1. The molecule has 28 heavy (non-hydrogen) atoms. The number of aromatic nitrogens is 2. The number of aryl methyl sites for hydroxylation is 1. The van der Waals surface area contributed by atoms with Crippen molar-refractivity contribution in [1.29, 1.82) is 0 Å². The molecule has 0 atom stereocenters. The molecule has 8 heteroatoms. The van der Waals surface area contributed by atoms with Gasteiger partial charge in [0.25, 0.3) is 0 Å². The number of guanidine groups is 1. The van der Waals surface area contributed by atoms with E-state index in [0.29, 0.717) is 6.79 Å². The number of hydrogen-bond donors (Lipinski definition) is 1. The minimum absolute atomic E-state index is 0.325. The van der Waals surface area contributed by atoms with Gasteiger partial charge in [-0.25, -0.2) is 0 Å². The zero-order valence-electron chi connectivity index (χ0n) is 16.4. The maximum absolute atomic E-state index is 5.48. The molecule has 1 fully saturated rings. The van der Waals surface area contributed by atoms with Crippen LogP contribution in [0.15, 0.2) is 41.7 Å². The Hall–Kier alpha value is -2.74. The lowest BCUT2D eigenvalue weighted by Gasteiger charge is -2.36. The van der Waals surface area contributed by atoms with Crippen LogP contribution in [-0.2, 0) is 13.1 Å². The summed E-state index contributed by atoms with van der Waals surface area (Å²) in [5.41, 5.74) is 1.26. The molecular formula is C20H28N6O2. The zero-order chi connectivity index (χ0) is 19.2. The molecule has 2 aromatic rings. The van der Waals surface area contributed by atoms with Gasteiger partial charge in [0, 0.05) is 65.3 Å². The fraction of sp³-hybridized carbons (Fsp3) is 0.500. The topological polar surface area (TPSA) is 67.2 Å². The van der Waals surface area contributed by atoms with Crippen LogP contribution in [0, 0.1) is 0 Å². The largest absolute Gasteiger partial charge is 0.454 e. The average Bonchev–Trinajstić information content (AvgIpc) is 3.40. The Bertz CT molecular complexity index is 784. The van der Waals surface area contributed by atoms with E-state index in [1.54, 1.807) is 0 Å². The van der Waals surface area contributed by atoms with Gasteiger partial charge in [0.1, 0.15) is 0 Å². The molecule has 0 amide bonds. The molecule has 2 aliphatic heterocycles. The molecule has 1 saturated heterocycles. The number of fused-ring (bicyclic) bond motifs is 1. The van der Waals surface area contributed by atoms with Crippen molar-refractivity contribution in [3.05, 3.63) is 42.2 Å². The van der Waals surface area contributed by atoms with Crippen LogP contribution in [-0.4, -0.2) is 72.1 Å². The van der Waals surface area contributed by atoms with Gasteiger partial charge in [0.15, 0.2) is 17.5 Å². The average molecular weight is 384 g/mol. The van der Waals surface area contributed by atoms with E-state index in [4.69, 9.17) is 9.47 Å². The van der Waals surface area contributed by atoms with Crippen molar-refractivity contribution in [3.63, 3.8) is 0 Å². The molecule has 1 aromatic heterocycles. The van der Waals surface area contributed by atoms with E-state index in [9.17, 15) is 0 Å². The number of rotatable bonds is 6. The van der Waals surface area contributed by atoms with Gasteiger partial charge in [0.05, 0.1) is 0 Å². The van der Waals surface area contributed by atoms with E-state index in [-0.39, 0.29) is 0 Å². The summed E-state index contributed by atoms with van der Waals surface area (Å²) in [6, 6.07) is 8.17. The zero-order valence-corrected chi connectivity index (χ0v) is 16.4. The molecule has 0 spiro atoms. The van der Waals surface area contributed by atoms with Gasteiger partial charge in [-0.3, -0.25) is 14.6 Å². The molecular weight excluding hydrogens is 356 g/mol. The molecule has 4 rings (SSSR count). The summed E-state index contributed by atoms with van der Waals surface area (Å²) in [4.78, 5) is 9.26. The van der Waals surface area contributed by atoms with Crippen molar-refractivity contribution in [2.24, 2.45) is 4.99 Å². The Balaban J connectivity index is 1.20. The van der Waals surface area contributed by atoms with Crippen LogP contribution in [0.5, 0.6) is 11.5 Å². The van der Waals surface area contributed by atoms with Gasteiger partial charge in [-0.15, -0.1) is 0 Å². The molecule has 0 aliphatic carbocycles. The van der Waals surface area contributed by atoms with Crippen LogP contribution in [0.4, 0.5) is 0 Å². The minimum atomic E-state index is 0.325. The van der Waals surface area contributed by atoms with Crippen molar-refractivity contribution in [2.75, 3.05) is 46.6 Å². The Morgan fingerprint density at radius 1 is 1.18 bits per heavy atom. The number of benzene rings is 1. The highest BCUT2D eigenvalue weighted by molar-refractivity contribution is 5.79. The Labute approximate surface area is 165 Å². The smallest absolute Gasteiger partial charge is 0.231 e. The van der Waals surface area contributed by atoms with Gasteiger partial charge in [-0.2, -0.15) is 5.10 Å². The third-order valence-corrected chi connectivity index (χ3v) is 5.13. The highest BCUT2D eigenvalue weighted by Crippen LogP contribution is 2.32. The second-order valence-corrected chi connectivity index (χ2v) is 7.05. The molecule has 1 N–H and O–H groups in total. The monoisotopic (exact) mass is 384 g/mol. The lowest BCUT2D eigenvalue weighted by molar-refractivity contribution is 0.171. The molecule has 3 heterocycles. The van der Waals surface area contributed by atoms with Crippen LogP contribution < -0.4 is 14.8 Å². The Kier molecular flexibility index (Phi) is 5.96. The van der Waals surface area contributed by atoms with E-state index in [0.717, 1.165) is 69.7 Å². The van der Waals surface area contributed by atoms with Crippen LogP contribution in [0.25, 0.3) is 0 Å². The van der Waals surface area contributed by atoms with Crippen molar-refractivity contribution >= 4 is 5.96 Å². The first-order valence-electron chi connectivity index (χ1n) is 9.86. The van der Waals surface area contributed by atoms with Crippen LogP contribution >= 0.6 is 0 Å². The van der Waals surface area contributed by atoms with Gasteiger partial charge in [-0.05, 0) is 30.2 Å². The fourth-order valence-corrected chi connectivity index (χ4v) is 3.62. The summed E-state index contributed by atoms with van der Waals surface area (Å²) in [5, 5.41) is 7.71. The van der Waals surface area contributed by atoms with Gasteiger partial charge in [-0.1, -0.05) is 6.07 Å². The maximum atomic E-state index is 5.48. The van der Waals surface area contributed by atoms with E-state index in [2.05, 4.69) is 37.3 Å². The van der Waals surface area contributed by atoms with E-state index in [1.165, 1.54) is 5.56 Å². The first-order valence-corrected chi connectivity index (χ1v) is 9.86. The minimum Gasteiger partial charge on any atom is -0.454 e. The summed E-state index contributed by atoms with van der Waals surface area (Å²) < 4.78 is 12.8. The predicted octanol–water partition coefficient (Wildman–Crippen LogP) is 1.40. The number of nitrogens with one attached hydrogen (secondary N) is 1. The summed E-state index contributed by atoms with van der Waals surface area (Å²) in [7, 11) is 1.86. The molecule has 8 nitrogen and oxygen atoms in total. The van der Waals surface area contributed by atoms with E-state index in [1.807, 2.05) is 36.3 Å². The van der Waals surface area contributed by atoms with Crippen LogP contribution in [0.2, 0.25) is 0 Å². The normalized spacial score (nSPS) is 17.2. The summed E-state index contributed by atoms with van der Waals surface area (Å²) in [6.07, 6.45) is 4.83. The molecule has 0 unspecified atom stereocenters. The van der Waals surface area contributed by atoms with Gasteiger partial charge >= 0.3 is 0 Å². The second kappa shape index (κ2) is 8.97. The number of piperazine rings is 1. The molecule has 1 aromatic carbocycles. The van der Waals surface area contributed by atoms with E-state index >= 15 is 0 Å². The van der Waals surface area contributed by atoms with Crippen molar-refractivity contribution in [1.82, 2.24) is 24.9 Å². The highest BCUT2D eigenvalue weighted by atomic mass is 16.7. The standard InChI is InChI=1S/C20H28N6O2/c1-21-20(22-6-2-8-26-9-3-7-23-26)25-12-10-24(11-13-25)15-17-4-5-18-19(14-17)28-16-27-18/h3-5,7,9,14H,2,6,8,10-13,15-16H2,1H3,(H,21,22). The molecule has 2 aliphatic rings. The number of hydrogen-bond acceptors (Lipinski definition) is 5. The summed E-state index contributed by atoms with van der Waals surface area (Å²) in [5.74, 6) is 2.69. The molecule has 0 bridgehead atoms. The maximum Gasteiger partial charge on any atom is 0.231 e. The van der Waals surface area contributed by atoms with Crippen LogP contribution in [0.1, 0.15) is 12.0 Å². The van der Waals surface area contributed by atoms with Crippen molar-refractivity contribution in [3.8, 4) is 11.5 Å². The second-order valence-electron chi connectivity index (χ2n) is 7.05. The lowest BCUT2D eigenvalue weighted by Crippen LogP contribution is -2.52. The first kappa shape index (κ1) is 18.6. The molecule has 150 valence electrons. The third kappa shape index (κ3) is 4.56. The first-order chi connectivity index (χ1) is 13.8. The summed E-state index contributed by atoms with van der Waals surface area (Å²) in [6.45, 7) is 7.05. The molecule has 0 radical (unpaired) electrons. The SMILES string of the molecule is CN=C(NCCCn1cccn1)N1CCN(Cc2ccc3c(c2)OCO3)CC1. The Morgan fingerprint density at radius 2 is 2.04 bits per heavy atom. The van der Waals surface area contributed by atoms with Crippen LogP contribution in [0.3, 0.4) is 0 Å². The van der Waals surface area contributed by atoms with Gasteiger partial charge in [0.2, 0.25) is 6.79 Å². The van der Waals surface area contributed by atoms with E-state index < -0.39 is 0 Å². The van der Waals surface area contributed by atoms with Crippen molar-refractivity contribution in [2.45, 2.75) is 19.5 Å². The predicted molar refractivity (Wildman–Crippen MR) is 108 cm³/mol. The van der Waals surface area contributed by atoms with Crippen molar-refractivity contribution < 1.29 is 9.47 Å². The lowest BCUT2D eigenvalue weighted by atomic mass is 10.1. The number of nitrogens with zero attached hydrogens (tertiary/aromatic N) is 5. The molecule has 0 saturated carbocycles. The highest BCUT2D eigenvalue weighted by Gasteiger charge is 2.20.